The highest BCUT2D eigenvalue weighted by molar-refractivity contribution is 14.0. The van der Waals surface area contributed by atoms with E-state index in [4.69, 9.17) is 4.74 Å². The summed E-state index contributed by atoms with van der Waals surface area (Å²) in [6, 6.07) is 8.17. The smallest absolute Gasteiger partial charge is 0.191 e. The number of aliphatic hydroxyl groups excluding tert-OH is 1. The maximum atomic E-state index is 10.5. The molecule has 0 aromatic heterocycles. The van der Waals surface area contributed by atoms with Crippen LogP contribution in [0.5, 0.6) is 5.75 Å². The Kier molecular flexibility index (Phi) is 11.8. The van der Waals surface area contributed by atoms with Crippen LogP contribution in [0, 0.1) is 0 Å². The summed E-state index contributed by atoms with van der Waals surface area (Å²) >= 11 is 0. The van der Waals surface area contributed by atoms with E-state index in [0.29, 0.717) is 12.6 Å². The number of hydrogen-bond acceptors (Lipinski definition) is 4. The van der Waals surface area contributed by atoms with E-state index in [0.717, 1.165) is 36.9 Å². The fraction of sp³-hybridized carbons (Fsp3) is 0.667. The number of likely N-dealkylation sites (N-methyl/N-ethyl adjacent to an activating group) is 1. The summed E-state index contributed by atoms with van der Waals surface area (Å²) < 4.78 is 5.71. The molecule has 7 heteroatoms. The van der Waals surface area contributed by atoms with Crippen molar-refractivity contribution in [3.05, 3.63) is 29.8 Å². The lowest BCUT2D eigenvalue weighted by atomic mass is 10.1. The number of nitrogens with zero attached hydrogens (tertiary/aromatic N) is 2. The van der Waals surface area contributed by atoms with Crippen molar-refractivity contribution in [2.24, 2.45) is 4.99 Å². The number of rotatable bonds is 9. The van der Waals surface area contributed by atoms with Gasteiger partial charge in [0.1, 0.15) is 5.75 Å². The molecule has 1 aliphatic heterocycles. The average Bonchev–Trinajstić information content (AvgIpc) is 3.11. The fourth-order valence-corrected chi connectivity index (χ4v) is 3.45. The van der Waals surface area contributed by atoms with Crippen LogP contribution in [-0.4, -0.2) is 60.8 Å². The van der Waals surface area contributed by atoms with E-state index in [1.54, 1.807) is 0 Å². The first-order chi connectivity index (χ1) is 13.0. The Balaban J connectivity index is 0.00000392. The topological polar surface area (TPSA) is 69.1 Å². The second-order valence-electron chi connectivity index (χ2n) is 7.28. The number of halogens is 1. The number of aliphatic imine (C=N–C) groups is 1. The highest BCUT2D eigenvalue weighted by Gasteiger charge is 2.22. The maximum absolute atomic E-state index is 10.5. The van der Waals surface area contributed by atoms with Crippen LogP contribution in [0.3, 0.4) is 0 Å². The van der Waals surface area contributed by atoms with E-state index in [1.165, 1.54) is 19.4 Å². The van der Waals surface area contributed by atoms with Gasteiger partial charge in [-0.1, -0.05) is 19.1 Å². The van der Waals surface area contributed by atoms with Gasteiger partial charge in [0.2, 0.25) is 0 Å². The Morgan fingerprint density at radius 2 is 2.11 bits per heavy atom. The third-order valence-corrected chi connectivity index (χ3v) is 4.79. The molecule has 3 N–H and O–H groups in total. The van der Waals surface area contributed by atoms with Crippen molar-refractivity contribution in [3.8, 4) is 5.75 Å². The number of guanidine groups is 1. The molecule has 0 amide bonds. The summed E-state index contributed by atoms with van der Waals surface area (Å²) in [6.07, 6.45) is 1.94. The van der Waals surface area contributed by atoms with Crippen LogP contribution in [0.25, 0.3) is 0 Å². The number of aliphatic hydroxyl groups is 1. The highest BCUT2D eigenvalue weighted by Crippen LogP contribution is 2.20. The molecule has 1 heterocycles. The molecule has 1 saturated heterocycles. The van der Waals surface area contributed by atoms with Crippen molar-refractivity contribution in [1.82, 2.24) is 15.5 Å². The molecule has 0 saturated carbocycles. The SMILES string of the molecule is CCNC(=NCC(O)c1cccc(OC(C)C)c1)NCC1CCCN1CC.I. The quantitative estimate of drug-likeness (QED) is 0.274. The molecule has 6 nitrogen and oxygen atoms in total. The largest absolute Gasteiger partial charge is 0.491 e. The molecule has 160 valence electrons. The van der Waals surface area contributed by atoms with E-state index >= 15 is 0 Å². The summed E-state index contributed by atoms with van der Waals surface area (Å²) in [7, 11) is 0. The van der Waals surface area contributed by atoms with Crippen molar-refractivity contribution in [1.29, 1.82) is 0 Å². The van der Waals surface area contributed by atoms with Crippen LogP contribution in [-0.2, 0) is 0 Å². The Morgan fingerprint density at radius 3 is 2.79 bits per heavy atom. The monoisotopic (exact) mass is 504 g/mol. The van der Waals surface area contributed by atoms with Gasteiger partial charge < -0.3 is 20.5 Å². The van der Waals surface area contributed by atoms with Crippen LogP contribution in [0.15, 0.2) is 29.3 Å². The Labute approximate surface area is 187 Å². The Bertz CT molecular complexity index is 598. The van der Waals surface area contributed by atoms with Crippen LogP contribution >= 0.6 is 24.0 Å². The Morgan fingerprint density at radius 1 is 1.32 bits per heavy atom. The summed E-state index contributed by atoms with van der Waals surface area (Å²) in [5.74, 6) is 1.53. The first kappa shape index (κ1) is 25.0. The van der Waals surface area contributed by atoms with Gasteiger partial charge in [-0.05, 0) is 64.4 Å². The lowest BCUT2D eigenvalue weighted by Gasteiger charge is -2.24. The van der Waals surface area contributed by atoms with Crippen molar-refractivity contribution in [2.45, 2.75) is 58.8 Å². The number of benzene rings is 1. The van der Waals surface area contributed by atoms with Crippen LogP contribution in [0.1, 0.15) is 52.2 Å². The second kappa shape index (κ2) is 13.2. The molecule has 28 heavy (non-hydrogen) atoms. The van der Waals surface area contributed by atoms with Gasteiger partial charge in [-0.25, -0.2) is 0 Å². The van der Waals surface area contributed by atoms with Gasteiger partial charge in [-0.3, -0.25) is 9.89 Å². The number of nitrogens with one attached hydrogen (secondary N) is 2. The molecule has 1 aromatic rings. The van der Waals surface area contributed by atoms with Gasteiger partial charge in [-0.15, -0.1) is 24.0 Å². The van der Waals surface area contributed by atoms with Crippen molar-refractivity contribution < 1.29 is 9.84 Å². The first-order valence-corrected chi connectivity index (χ1v) is 10.2. The molecule has 2 atom stereocenters. The first-order valence-electron chi connectivity index (χ1n) is 10.2. The molecule has 2 rings (SSSR count). The van der Waals surface area contributed by atoms with Crippen LogP contribution in [0.4, 0.5) is 0 Å². The zero-order chi connectivity index (χ0) is 19.6. The van der Waals surface area contributed by atoms with Crippen molar-refractivity contribution in [2.75, 3.05) is 32.7 Å². The standard InChI is InChI=1S/C21H36N4O2.HI/c1-5-22-21(23-14-18-10-8-12-25(18)6-2)24-15-20(26)17-9-7-11-19(13-17)27-16(3)4;/h7,9,11,13,16,18,20,26H,5-6,8,10,12,14-15H2,1-4H3,(H2,22,23,24);1H. The van der Waals surface area contributed by atoms with Crippen LogP contribution < -0.4 is 15.4 Å². The molecule has 0 bridgehead atoms. The molecule has 0 spiro atoms. The molecule has 2 unspecified atom stereocenters. The van der Waals surface area contributed by atoms with E-state index in [1.807, 2.05) is 45.0 Å². The maximum Gasteiger partial charge on any atom is 0.191 e. The lowest BCUT2D eigenvalue weighted by Crippen LogP contribution is -2.45. The van der Waals surface area contributed by atoms with Gasteiger partial charge in [0.05, 0.1) is 18.8 Å². The summed E-state index contributed by atoms with van der Waals surface area (Å²) in [4.78, 5) is 7.08. The van der Waals surface area contributed by atoms with Gasteiger partial charge in [0, 0.05) is 19.1 Å². The molecule has 1 aliphatic rings. The minimum absolute atomic E-state index is 0. The second-order valence-corrected chi connectivity index (χ2v) is 7.28. The van der Waals surface area contributed by atoms with E-state index in [2.05, 4.69) is 27.4 Å². The van der Waals surface area contributed by atoms with Crippen molar-refractivity contribution in [3.63, 3.8) is 0 Å². The third kappa shape index (κ3) is 8.13. The fourth-order valence-electron chi connectivity index (χ4n) is 3.45. The van der Waals surface area contributed by atoms with E-state index < -0.39 is 6.10 Å². The predicted octanol–water partition coefficient (Wildman–Crippen LogP) is 3.16. The molecule has 1 aromatic carbocycles. The highest BCUT2D eigenvalue weighted by atomic mass is 127. The molecule has 0 radical (unpaired) electrons. The predicted molar refractivity (Wildman–Crippen MR) is 127 cm³/mol. The Hall–Kier alpha value is -1.06. The number of hydrogen-bond donors (Lipinski definition) is 3. The van der Waals surface area contributed by atoms with Crippen LogP contribution in [0.2, 0.25) is 0 Å². The minimum Gasteiger partial charge on any atom is -0.491 e. The lowest BCUT2D eigenvalue weighted by molar-refractivity contribution is 0.185. The molecular weight excluding hydrogens is 467 g/mol. The zero-order valence-electron chi connectivity index (χ0n) is 17.6. The van der Waals surface area contributed by atoms with E-state index in [-0.39, 0.29) is 30.1 Å². The van der Waals surface area contributed by atoms with Gasteiger partial charge in [0.15, 0.2) is 5.96 Å². The number of likely N-dealkylation sites (tertiary alicyclic amines) is 1. The molecular formula is C21H37IN4O2. The minimum atomic E-state index is -0.658. The van der Waals surface area contributed by atoms with Gasteiger partial charge >= 0.3 is 0 Å². The van der Waals surface area contributed by atoms with E-state index in [9.17, 15) is 5.11 Å². The van der Waals surface area contributed by atoms with Gasteiger partial charge in [-0.2, -0.15) is 0 Å². The zero-order valence-corrected chi connectivity index (χ0v) is 20.0. The third-order valence-electron chi connectivity index (χ3n) is 4.79. The molecule has 0 aliphatic carbocycles. The summed E-state index contributed by atoms with van der Waals surface area (Å²) in [5.41, 5.74) is 0.820. The van der Waals surface area contributed by atoms with Crippen molar-refractivity contribution >= 4 is 29.9 Å². The summed E-state index contributed by atoms with van der Waals surface area (Å²) in [6.45, 7) is 12.5. The number of ether oxygens (including phenoxy) is 1. The van der Waals surface area contributed by atoms with Gasteiger partial charge in [0.25, 0.3) is 0 Å². The average molecular weight is 504 g/mol. The normalized spacial score (nSPS) is 18.6. The summed E-state index contributed by atoms with van der Waals surface area (Å²) in [5, 5.41) is 17.2. The molecule has 1 fully saturated rings.